The maximum absolute atomic E-state index is 11.5. The van der Waals surface area contributed by atoms with Crippen molar-refractivity contribution in [3.63, 3.8) is 0 Å². The van der Waals surface area contributed by atoms with Crippen LogP contribution in [0.5, 0.6) is 0 Å². The molecule has 2 aliphatic carbocycles. The van der Waals surface area contributed by atoms with E-state index in [1.54, 1.807) is 0 Å². The Balaban J connectivity index is 1.82. The van der Waals surface area contributed by atoms with Crippen molar-refractivity contribution >= 4 is 5.91 Å². The molecule has 0 aliphatic heterocycles. The summed E-state index contributed by atoms with van der Waals surface area (Å²) in [6.07, 6.45) is 20.7. The quantitative estimate of drug-likeness (QED) is 0.550. The number of nitrogens with one attached hydrogen (secondary N) is 1. The molecule has 0 aromatic carbocycles. The van der Waals surface area contributed by atoms with Crippen LogP contribution in [0.1, 0.15) is 89.9 Å². The van der Waals surface area contributed by atoms with Crippen molar-refractivity contribution in [2.45, 2.75) is 95.9 Å². The van der Waals surface area contributed by atoms with Gasteiger partial charge in [-0.25, -0.2) is 0 Å². The van der Waals surface area contributed by atoms with Crippen molar-refractivity contribution in [2.24, 2.45) is 11.8 Å². The minimum Gasteiger partial charge on any atom is -0.350 e. The summed E-state index contributed by atoms with van der Waals surface area (Å²) in [5.74, 6) is 1.86. The zero-order valence-electron chi connectivity index (χ0n) is 14.3. The predicted molar refractivity (Wildman–Crippen MR) is 93.7 cm³/mol. The Bertz CT molecular complexity index is 329. The molecule has 0 spiro atoms. The Hall–Kier alpha value is -0.790. The minimum absolute atomic E-state index is 0.00198. The van der Waals surface area contributed by atoms with Crippen molar-refractivity contribution < 1.29 is 4.79 Å². The van der Waals surface area contributed by atoms with Gasteiger partial charge >= 0.3 is 0 Å². The van der Waals surface area contributed by atoms with Gasteiger partial charge in [0.2, 0.25) is 5.91 Å². The molecule has 0 bridgehead atoms. The Morgan fingerprint density at radius 1 is 0.727 bits per heavy atom. The third kappa shape index (κ3) is 6.14. The first-order chi connectivity index (χ1) is 10.8. The number of carbonyl (C=O) groups excluding carboxylic acids is 1. The monoisotopic (exact) mass is 305 g/mol. The van der Waals surface area contributed by atoms with Gasteiger partial charge in [0.05, 0.1) is 0 Å². The molecule has 0 saturated heterocycles. The van der Waals surface area contributed by atoms with Gasteiger partial charge in [-0.3, -0.25) is 4.79 Å². The van der Waals surface area contributed by atoms with Gasteiger partial charge in [-0.1, -0.05) is 77.2 Å². The first kappa shape index (κ1) is 17.6. The molecule has 2 rings (SSSR count). The Morgan fingerprint density at radius 3 is 1.91 bits per heavy atom. The fourth-order valence-electron chi connectivity index (χ4n) is 4.52. The largest absolute Gasteiger partial charge is 0.350 e. The van der Waals surface area contributed by atoms with Crippen molar-refractivity contribution in [1.29, 1.82) is 0 Å². The molecule has 0 aromatic heterocycles. The highest BCUT2D eigenvalue weighted by Gasteiger charge is 2.25. The van der Waals surface area contributed by atoms with Gasteiger partial charge in [-0.15, -0.1) is 0 Å². The lowest BCUT2D eigenvalue weighted by Gasteiger charge is -2.27. The van der Waals surface area contributed by atoms with Gasteiger partial charge in [-0.2, -0.15) is 0 Å². The summed E-state index contributed by atoms with van der Waals surface area (Å²) in [6.45, 7) is 3.56. The highest BCUT2D eigenvalue weighted by molar-refractivity contribution is 5.87. The molecule has 22 heavy (non-hydrogen) atoms. The first-order valence-corrected chi connectivity index (χ1v) is 9.72. The molecule has 2 saturated carbocycles. The van der Waals surface area contributed by atoms with Gasteiger partial charge in [-0.05, 0) is 37.2 Å². The van der Waals surface area contributed by atoms with Gasteiger partial charge in [0.15, 0.2) is 0 Å². The molecule has 0 radical (unpaired) electrons. The molecule has 2 unspecified atom stereocenters. The third-order valence-electron chi connectivity index (χ3n) is 5.86. The van der Waals surface area contributed by atoms with E-state index in [2.05, 4.69) is 11.9 Å². The number of carbonyl (C=O) groups is 1. The fraction of sp³-hybridized carbons (Fsp3) is 0.850. The van der Waals surface area contributed by atoms with E-state index >= 15 is 0 Å². The number of hydrogen-bond donors (Lipinski definition) is 1. The third-order valence-corrected chi connectivity index (χ3v) is 5.86. The molecule has 0 aromatic rings. The van der Waals surface area contributed by atoms with E-state index in [9.17, 15) is 4.79 Å². The predicted octanol–water partition coefficient (Wildman–Crippen LogP) is 5.38. The molecule has 2 fully saturated rings. The lowest BCUT2D eigenvalue weighted by atomic mass is 9.79. The Morgan fingerprint density at radius 2 is 1.27 bits per heavy atom. The summed E-state index contributed by atoms with van der Waals surface area (Å²) in [4.78, 5) is 11.5. The van der Waals surface area contributed by atoms with Crippen LogP contribution in [0.3, 0.4) is 0 Å². The molecule has 2 aliphatic rings. The zero-order valence-corrected chi connectivity index (χ0v) is 14.3. The van der Waals surface area contributed by atoms with Crippen molar-refractivity contribution in [3.05, 3.63) is 12.7 Å². The lowest BCUT2D eigenvalue weighted by Crippen LogP contribution is -2.33. The summed E-state index contributed by atoms with van der Waals surface area (Å²) in [5, 5.41) is 3.12. The van der Waals surface area contributed by atoms with Crippen molar-refractivity contribution in [2.75, 3.05) is 0 Å². The second-order valence-electron chi connectivity index (χ2n) is 7.49. The molecule has 2 nitrogen and oxygen atoms in total. The zero-order chi connectivity index (χ0) is 15.6. The lowest BCUT2D eigenvalue weighted by molar-refractivity contribution is -0.117. The van der Waals surface area contributed by atoms with Gasteiger partial charge < -0.3 is 5.32 Å². The van der Waals surface area contributed by atoms with Crippen LogP contribution in [0.4, 0.5) is 0 Å². The highest BCUT2D eigenvalue weighted by atomic mass is 16.1. The van der Waals surface area contributed by atoms with Crippen LogP contribution in [0.15, 0.2) is 12.7 Å². The second-order valence-corrected chi connectivity index (χ2v) is 7.49. The van der Waals surface area contributed by atoms with Crippen LogP contribution in [0, 0.1) is 11.8 Å². The summed E-state index contributed by atoms with van der Waals surface area (Å²) < 4.78 is 0. The minimum atomic E-state index is 0.00198. The summed E-state index contributed by atoms with van der Waals surface area (Å²) in [5.41, 5.74) is 0. The second kappa shape index (κ2) is 10.1. The van der Waals surface area contributed by atoms with Gasteiger partial charge in [0.1, 0.15) is 0 Å². The molecule has 2 heteroatoms. The highest BCUT2D eigenvalue weighted by Crippen LogP contribution is 2.35. The van der Waals surface area contributed by atoms with Crippen LogP contribution >= 0.6 is 0 Å². The van der Waals surface area contributed by atoms with E-state index in [0.717, 1.165) is 18.3 Å². The SMILES string of the molecule is C=CC(=O)NC1CCCC(C2CCCCCCCCC2)CC1. The number of rotatable bonds is 3. The van der Waals surface area contributed by atoms with Crippen LogP contribution in [0.25, 0.3) is 0 Å². The van der Waals surface area contributed by atoms with Gasteiger partial charge in [0.25, 0.3) is 0 Å². The molecular formula is C20H35NO. The maximum Gasteiger partial charge on any atom is 0.243 e. The molecule has 1 N–H and O–H groups in total. The molecule has 0 heterocycles. The number of hydrogen-bond acceptors (Lipinski definition) is 1. The fourth-order valence-corrected chi connectivity index (χ4v) is 4.52. The van der Waals surface area contributed by atoms with E-state index in [1.165, 1.54) is 89.5 Å². The van der Waals surface area contributed by atoms with E-state index in [4.69, 9.17) is 0 Å². The molecular weight excluding hydrogens is 270 g/mol. The average Bonchev–Trinajstić information content (AvgIpc) is 2.78. The van der Waals surface area contributed by atoms with Crippen molar-refractivity contribution in [1.82, 2.24) is 5.32 Å². The van der Waals surface area contributed by atoms with Crippen LogP contribution in [-0.4, -0.2) is 11.9 Å². The first-order valence-electron chi connectivity index (χ1n) is 9.72. The van der Waals surface area contributed by atoms with E-state index < -0.39 is 0 Å². The van der Waals surface area contributed by atoms with Crippen molar-refractivity contribution in [3.8, 4) is 0 Å². The Kier molecular flexibility index (Phi) is 8.04. The summed E-state index contributed by atoms with van der Waals surface area (Å²) >= 11 is 0. The smallest absolute Gasteiger partial charge is 0.243 e. The molecule has 2 atom stereocenters. The molecule has 126 valence electrons. The average molecular weight is 306 g/mol. The van der Waals surface area contributed by atoms with Crippen LogP contribution in [-0.2, 0) is 4.79 Å². The molecule has 1 amide bonds. The van der Waals surface area contributed by atoms with E-state index in [-0.39, 0.29) is 5.91 Å². The maximum atomic E-state index is 11.5. The number of amides is 1. The normalized spacial score (nSPS) is 29.3. The van der Waals surface area contributed by atoms with E-state index in [1.807, 2.05) is 0 Å². The Labute approximate surface area is 137 Å². The van der Waals surface area contributed by atoms with E-state index in [0.29, 0.717) is 6.04 Å². The van der Waals surface area contributed by atoms with Crippen LogP contribution < -0.4 is 5.32 Å². The van der Waals surface area contributed by atoms with Gasteiger partial charge in [0, 0.05) is 6.04 Å². The summed E-state index contributed by atoms with van der Waals surface area (Å²) in [7, 11) is 0. The van der Waals surface area contributed by atoms with Crippen LogP contribution in [0.2, 0.25) is 0 Å². The topological polar surface area (TPSA) is 29.1 Å². The summed E-state index contributed by atoms with van der Waals surface area (Å²) in [6, 6.07) is 0.384. The standard InChI is InChI=1S/C20H35NO/c1-2-20(22)21-19-14-10-13-18(15-16-19)17-11-8-6-4-3-5-7-9-12-17/h2,17-19H,1,3-16H2,(H,21,22).